The van der Waals surface area contributed by atoms with Gasteiger partial charge in [-0.3, -0.25) is 0 Å². The number of rotatable bonds is 6. The number of thioether (sulfide) groups is 1. The molecule has 0 aromatic heterocycles. The van der Waals surface area contributed by atoms with Gasteiger partial charge in [0.25, 0.3) is 0 Å². The Morgan fingerprint density at radius 3 is 2.53 bits per heavy atom. The second-order valence-electron chi connectivity index (χ2n) is 4.66. The van der Waals surface area contributed by atoms with E-state index in [-0.39, 0.29) is 6.04 Å². The van der Waals surface area contributed by atoms with Gasteiger partial charge in [-0.15, -0.1) is 0 Å². The molecule has 3 N–H and O–H groups in total. The maximum absolute atomic E-state index is 11.9. The largest absolute Gasteiger partial charge is 0.480 e. The van der Waals surface area contributed by atoms with Gasteiger partial charge in [-0.2, -0.15) is 11.8 Å². The average molecular weight is 290 g/mol. The number of hydrogen-bond acceptors (Lipinski definition) is 4. The van der Waals surface area contributed by atoms with E-state index >= 15 is 0 Å². The van der Waals surface area contributed by atoms with Crippen LogP contribution in [0.3, 0.4) is 0 Å². The van der Waals surface area contributed by atoms with Gasteiger partial charge in [0, 0.05) is 37.9 Å². The quantitative estimate of drug-likeness (QED) is 0.681. The first-order valence-corrected chi connectivity index (χ1v) is 7.82. The molecule has 1 heterocycles. The SMILES string of the molecule is CCC(CSC)NC(=O)NC1(C(=O)O)CCOCC1. The van der Waals surface area contributed by atoms with E-state index in [0.29, 0.717) is 26.1 Å². The number of carboxylic acid groups (broad SMARTS) is 1. The van der Waals surface area contributed by atoms with Gasteiger partial charge in [-0.05, 0) is 12.7 Å². The third kappa shape index (κ3) is 4.58. The van der Waals surface area contributed by atoms with Crippen LogP contribution in [0.25, 0.3) is 0 Å². The Hall–Kier alpha value is -0.950. The van der Waals surface area contributed by atoms with Crippen molar-refractivity contribution in [2.45, 2.75) is 37.8 Å². The van der Waals surface area contributed by atoms with E-state index in [1.54, 1.807) is 11.8 Å². The molecule has 1 unspecified atom stereocenters. The minimum Gasteiger partial charge on any atom is -0.480 e. The molecule has 0 spiro atoms. The molecule has 0 aliphatic carbocycles. The van der Waals surface area contributed by atoms with Gasteiger partial charge in [0.2, 0.25) is 0 Å². The van der Waals surface area contributed by atoms with Crippen LogP contribution in [0.1, 0.15) is 26.2 Å². The van der Waals surface area contributed by atoms with E-state index in [9.17, 15) is 14.7 Å². The van der Waals surface area contributed by atoms with Crippen molar-refractivity contribution in [1.29, 1.82) is 0 Å². The Bertz CT molecular complexity index is 319. The van der Waals surface area contributed by atoms with Crippen molar-refractivity contribution in [1.82, 2.24) is 10.6 Å². The van der Waals surface area contributed by atoms with E-state index in [1.807, 2.05) is 13.2 Å². The van der Waals surface area contributed by atoms with Gasteiger partial charge >= 0.3 is 12.0 Å². The topological polar surface area (TPSA) is 87.7 Å². The molecule has 1 aliphatic rings. The summed E-state index contributed by atoms with van der Waals surface area (Å²) in [5, 5.41) is 14.8. The molecule has 1 fully saturated rings. The van der Waals surface area contributed by atoms with E-state index in [1.165, 1.54) is 0 Å². The summed E-state index contributed by atoms with van der Waals surface area (Å²) >= 11 is 1.65. The zero-order valence-corrected chi connectivity index (χ0v) is 12.2. The normalized spacial score (nSPS) is 19.5. The molecule has 1 saturated heterocycles. The van der Waals surface area contributed by atoms with Crippen molar-refractivity contribution in [2.75, 3.05) is 25.2 Å². The molecular formula is C12H22N2O4S. The Labute approximate surface area is 117 Å². The van der Waals surface area contributed by atoms with E-state index in [4.69, 9.17) is 4.74 Å². The van der Waals surface area contributed by atoms with Gasteiger partial charge in [0.1, 0.15) is 5.54 Å². The third-order valence-corrected chi connectivity index (χ3v) is 4.04. The van der Waals surface area contributed by atoms with Crippen LogP contribution < -0.4 is 10.6 Å². The maximum Gasteiger partial charge on any atom is 0.329 e. The van der Waals surface area contributed by atoms with Crippen molar-refractivity contribution in [3.8, 4) is 0 Å². The van der Waals surface area contributed by atoms with Gasteiger partial charge in [-0.25, -0.2) is 9.59 Å². The van der Waals surface area contributed by atoms with Crippen molar-refractivity contribution in [2.24, 2.45) is 0 Å². The second kappa shape index (κ2) is 7.59. The van der Waals surface area contributed by atoms with Crippen molar-refractivity contribution < 1.29 is 19.4 Å². The number of hydrogen-bond donors (Lipinski definition) is 3. The molecule has 2 amide bonds. The van der Waals surface area contributed by atoms with Crippen molar-refractivity contribution in [3.05, 3.63) is 0 Å². The predicted octanol–water partition coefficient (Wildman–Crippen LogP) is 1.06. The smallest absolute Gasteiger partial charge is 0.329 e. The number of urea groups is 1. The highest BCUT2D eigenvalue weighted by Crippen LogP contribution is 2.21. The van der Waals surface area contributed by atoms with Crippen molar-refractivity contribution in [3.63, 3.8) is 0 Å². The molecule has 0 aromatic carbocycles. The minimum absolute atomic E-state index is 0.0562. The molecule has 1 atom stereocenters. The van der Waals surface area contributed by atoms with Crippen LogP contribution in [0, 0.1) is 0 Å². The Balaban J connectivity index is 2.59. The zero-order valence-electron chi connectivity index (χ0n) is 11.4. The number of aliphatic carboxylic acids is 1. The lowest BCUT2D eigenvalue weighted by Crippen LogP contribution is -2.60. The number of carbonyl (C=O) groups is 2. The summed E-state index contributed by atoms with van der Waals surface area (Å²) in [5.41, 5.74) is -1.19. The van der Waals surface area contributed by atoms with Crippen LogP contribution in [0.5, 0.6) is 0 Å². The summed E-state index contributed by atoms with van der Waals surface area (Å²) < 4.78 is 5.16. The third-order valence-electron chi connectivity index (χ3n) is 3.30. The lowest BCUT2D eigenvalue weighted by atomic mass is 9.90. The monoisotopic (exact) mass is 290 g/mol. The lowest BCUT2D eigenvalue weighted by Gasteiger charge is -2.34. The Morgan fingerprint density at radius 2 is 2.05 bits per heavy atom. The van der Waals surface area contributed by atoms with Crippen LogP contribution in [-0.4, -0.2) is 53.9 Å². The van der Waals surface area contributed by atoms with Crippen LogP contribution in [0.15, 0.2) is 0 Å². The van der Waals surface area contributed by atoms with Gasteiger partial charge in [0.15, 0.2) is 0 Å². The number of carboxylic acids is 1. The molecule has 0 bridgehead atoms. The summed E-state index contributed by atoms with van der Waals surface area (Å²) in [5.74, 6) is -0.184. The number of ether oxygens (including phenoxy) is 1. The molecule has 6 nitrogen and oxygen atoms in total. The van der Waals surface area contributed by atoms with Crippen LogP contribution in [0.4, 0.5) is 4.79 Å². The fourth-order valence-corrected chi connectivity index (χ4v) is 2.74. The predicted molar refractivity (Wildman–Crippen MR) is 74.5 cm³/mol. The Kier molecular flexibility index (Phi) is 6.44. The molecule has 0 aromatic rings. The highest BCUT2D eigenvalue weighted by atomic mass is 32.2. The first-order chi connectivity index (χ1) is 9.04. The average Bonchev–Trinajstić information content (AvgIpc) is 2.39. The highest BCUT2D eigenvalue weighted by Gasteiger charge is 2.41. The number of carbonyl (C=O) groups excluding carboxylic acids is 1. The van der Waals surface area contributed by atoms with Gasteiger partial charge < -0.3 is 20.5 Å². The first kappa shape index (κ1) is 16.1. The molecule has 110 valence electrons. The molecule has 0 radical (unpaired) electrons. The molecule has 1 rings (SSSR count). The summed E-state index contributed by atoms with van der Waals surface area (Å²) in [6.45, 7) is 2.70. The zero-order chi connectivity index (χ0) is 14.3. The van der Waals surface area contributed by atoms with Gasteiger partial charge in [0.05, 0.1) is 0 Å². The summed E-state index contributed by atoms with van der Waals surface area (Å²) in [4.78, 5) is 23.3. The van der Waals surface area contributed by atoms with Crippen LogP contribution >= 0.6 is 11.8 Å². The van der Waals surface area contributed by atoms with Crippen molar-refractivity contribution >= 4 is 23.8 Å². The number of amides is 2. The summed E-state index contributed by atoms with van der Waals surface area (Å²) in [6, 6.07) is -0.356. The first-order valence-electron chi connectivity index (χ1n) is 6.43. The minimum atomic E-state index is -1.19. The lowest BCUT2D eigenvalue weighted by molar-refractivity contribution is -0.148. The highest BCUT2D eigenvalue weighted by molar-refractivity contribution is 7.98. The molecule has 19 heavy (non-hydrogen) atoms. The summed E-state index contributed by atoms with van der Waals surface area (Å²) in [7, 11) is 0. The van der Waals surface area contributed by atoms with E-state index in [0.717, 1.165) is 12.2 Å². The summed E-state index contributed by atoms with van der Waals surface area (Å²) in [6.07, 6.45) is 3.39. The van der Waals surface area contributed by atoms with E-state index < -0.39 is 17.5 Å². The number of nitrogens with one attached hydrogen (secondary N) is 2. The fourth-order valence-electron chi connectivity index (χ4n) is 2.01. The Morgan fingerprint density at radius 1 is 1.42 bits per heavy atom. The molecular weight excluding hydrogens is 268 g/mol. The molecule has 0 saturated carbocycles. The molecule has 1 aliphatic heterocycles. The van der Waals surface area contributed by atoms with Crippen LogP contribution in [0.2, 0.25) is 0 Å². The second-order valence-corrected chi connectivity index (χ2v) is 5.57. The maximum atomic E-state index is 11.9. The standard InChI is InChI=1S/C12H22N2O4S/c1-3-9(8-19-2)13-11(17)14-12(10(15)16)4-6-18-7-5-12/h9H,3-8H2,1-2H3,(H,15,16)(H2,13,14,17). The van der Waals surface area contributed by atoms with Crippen LogP contribution in [-0.2, 0) is 9.53 Å². The molecule has 7 heteroatoms. The van der Waals surface area contributed by atoms with E-state index in [2.05, 4.69) is 10.6 Å². The van der Waals surface area contributed by atoms with Gasteiger partial charge in [-0.1, -0.05) is 6.92 Å². The fraction of sp³-hybridized carbons (Fsp3) is 0.833.